The maximum Gasteiger partial charge on any atom is 0.225 e. The first kappa shape index (κ1) is 24.6. The third kappa shape index (κ3) is 3.16. The van der Waals surface area contributed by atoms with Crippen LogP contribution in [0.2, 0.25) is 0 Å². The molecule has 6 atom stereocenters. The van der Waals surface area contributed by atoms with Crippen molar-refractivity contribution in [1.29, 1.82) is 0 Å². The summed E-state index contributed by atoms with van der Waals surface area (Å²) in [6.07, 6.45) is 9.40. The van der Waals surface area contributed by atoms with Crippen LogP contribution < -0.4 is 0 Å². The number of allylic oxidation sites excluding steroid dienone is 4. The van der Waals surface area contributed by atoms with Gasteiger partial charge in [0.1, 0.15) is 5.78 Å². The Labute approximate surface area is 200 Å². The first-order chi connectivity index (χ1) is 15.2. The number of rotatable bonds is 4. The molecule has 33 heavy (non-hydrogen) atoms. The molecule has 182 valence electrons. The average Bonchev–Trinajstić information content (AvgIpc) is 3.02. The van der Waals surface area contributed by atoms with Crippen LogP contribution in [0.15, 0.2) is 22.8 Å². The normalized spacial score (nSPS) is 40.8. The van der Waals surface area contributed by atoms with Gasteiger partial charge in [-0.2, -0.15) is 0 Å². The van der Waals surface area contributed by atoms with Crippen molar-refractivity contribution in [2.75, 3.05) is 0 Å². The van der Waals surface area contributed by atoms with Crippen LogP contribution in [0.3, 0.4) is 0 Å². The molecule has 4 rings (SSSR count). The van der Waals surface area contributed by atoms with Crippen LogP contribution in [-0.4, -0.2) is 17.3 Å². The third-order valence-corrected chi connectivity index (χ3v) is 11.1. The van der Waals surface area contributed by atoms with Crippen LogP contribution in [-0.2, 0) is 14.4 Å². The maximum atomic E-state index is 14.1. The van der Waals surface area contributed by atoms with Crippen molar-refractivity contribution in [1.82, 2.24) is 0 Å². The summed E-state index contributed by atoms with van der Waals surface area (Å²) in [5.41, 5.74) is 1.77. The zero-order valence-corrected chi connectivity index (χ0v) is 22.2. The molecule has 2 saturated carbocycles. The molecule has 3 heteroatoms. The van der Waals surface area contributed by atoms with Crippen molar-refractivity contribution in [3.8, 4) is 0 Å². The van der Waals surface area contributed by atoms with Crippen molar-refractivity contribution >= 4 is 17.3 Å². The quantitative estimate of drug-likeness (QED) is 0.339. The number of carbonyl (C=O) groups excluding carboxylic acids is 3. The predicted molar refractivity (Wildman–Crippen MR) is 133 cm³/mol. The molecule has 0 amide bonds. The molecule has 0 radical (unpaired) electrons. The molecule has 0 aromatic heterocycles. The minimum atomic E-state index is -0.615. The topological polar surface area (TPSA) is 51.2 Å². The van der Waals surface area contributed by atoms with E-state index in [2.05, 4.69) is 61.5 Å². The molecule has 0 aromatic carbocycles. The summed E-state index contributed by atoms with van der Waals surface area (Å²) in [6, 6.07) is 0. The van der Waals surface area contributed by atoms with Crippen LogP contribution in [0.1, 0.15) is 107 Å². The molecule has 0 bridgehead atoms. The smallest absolute Gasteiger partial charge is 0.225 e. The monoisotopic (exact) mass is 452 g/mol. The second kappa shape index (κ2) is 7.75. The molecule has 3 nitrogen and oxygen atoms in total. The lowest BCUT2D eigenvalue weighted by molar-refractivity contribution is -0.152. The average molecular weight is 453 g/mol. The molecular weight excluding hydrogens is 408 g/mol. The van der Waals surface area contributed by atoms with Gasteiger partial charge in [-0.15, -0.1) is 0 Å². The Kier molecular flexibility index (Phi) is 5.78. The van der Waals surface area contributed by atoms with Gasteiger partial charge in [0, 0.05) is 33.7 Å². The van der Waals surface area contributed by atoms with Gasteiger partial charge in [-0.1, -0.05) is 58.8 Å². The van der Waals surface area contributed by atoms with Crippen LogP contribution in [0.4, 0.5) is 0 Å². The number of fused-ring (bicyclic) bond motifs is 4. The van der Waals surface area contributed by atoms with Crippen molar-refractivity contribution in [3.63, 3.8) is 0 Å². The summed E-state index contributed by atoms with van der Waals surface area (Å²) >= 11 is 0. The predicted octanol–water partition coefficient (Wildman–Crippen LogP) is 7.05. The van der Waals surface area contributed by atoms with E-state index in [1.807, 2.05) is 0 Å². The molecule has 0 spiro atoms. The second-order valence-electron chi connectivity index (χ2n) is 13.2. The van der Waals surface area contributed by atoms with Gasteiger partial charge < -0.3 is 0 Å². The number of hydrogen-bond acceptors (Lipinski definition) is 3. The zero-order chi connectivity index (χ0) is 24.6. The highest BCUT2D eigenvalue weighted by Crippen LogP contribution is 2.70. The fourth-order valence-electron chi connectivity index (χ4n) is 8.87. The van der Waals surface area contributed by atoms with E-state index in [-0.39, 0.29) is 34.2 Å². The summed E-state index contributed by atoms with van der Waals surface area (Å²) in [4.78, 5) is 40.8. The standard InChI is InChI=1S/C30H44O3/c1-18(2)10-9-11-19(3)20-14-17-29(7)21-12-13-22-27(4,5)23(31)15-16-28(22,6)24(21)25(32)26(33)30(20,29)8/h10,19-20,22H,9,11-17H2,1-8H3/t19-,20-,22+,28+,29+,30+/m1/s1. The van der Waals surface area contributed by atoms with Crippen LogP contribution in [0.5, 0.6) is 0 Å². The molecule has 2 fully saturated rings. The molecule has 4 aliphatic carbocycles. The van der Waals surface area contributed by atoms with Gasteiger partial charge in [0.15, 0.2) is 0 Å². The van der Waals surface area contributed by atoms with E-state index in [1.54, 1.807) is 0 Å². The molecule has 0 heterocycles. The van der Waals surface area contributed by atoms with Gasteiger partial charge in [0.2, 0.25) is 11.6 Å². The third-order valence-electron chi connectivity index (χ3n) is 11.1. The molecule has 0 aliphatic heterocycles. The number of Topliss-reactive ketones (excluding diaryl/α,β-unsaturated/α-hetero) is 3. The number of ketones is 3. The van der Waals surface area contributed by atoms with Crippen LogP contribution in [0, 0.1) is 39.4 Å². The van der Waals surface area contributed by atoms with E-state index in [4.69, 9.17) is 0 Å². The molecule has 4 aliphatic rings. The highest BCUT2D eigenvalue weighted by atomic mass is 16.2. The molecule has 0 aromatic rings. The summed E-state index contributed by atoms with van der Waals surface area (Å²) in [7, 11) is 0. The lowest BCUT2D eigenvalue weighted by atomic mass is 9.43. The Morgan fingerprint density at radius 3 is 2.30 bits per heavy atom. The van der Waals surface area contributed by atoms with Crippen molar-refractivity contribution in [2.24, 2.45) is 39.4 Å². The van der Waals surface area contributed by atoms with E-state index < -0.39 is 10.8 Å². The Hall–Kier alpha value is -1.51. The maximum absolute atomic E-state index is 14.1. The van der Waals surface area contributed by atoms with Crippen molar-refractivity contribution in [3.05, 3.63) is 22.8 Å². The molecule has 0 N–H and O–H groups in total. The van der Waals surface area contributed by atoms with Gasteiger partial charge >= 0.3 is 0 Å². The first-order valence-electron chi connectivity index (χ1n) is 13.2. The minimum Gasteiger partial charge on any atom is -0.299 e. The Morgan fingerprint density at radius 2 is 1.67 bits per heavy atom. The highest BCUT2D eigenvalue weighted by molar-refractivity contribution is 6.47. The summed E-state index contributed by atoms with van der Waals surface area (Å²) in [5, 5.41) is 0. The zero-order valence-electron chi connectivity index (χ0n) is 22.2. The molecule has 0 saturated heterocycles. The van der Waals surface area contributed by atoms with Gasteiger partial charge in [-0.05, 0) is 76.5 Å². The Bertz CT molecular complexity index is 961. The van der Waals surface area contributed by atoms with E-state index in [9.17, 15) is 14.4 Å². The Balaban J connectivity index is 1.78. The van der Waals surface area contributed by atoms with Crippen molar-refractivity contribution in [2.45, 2.75) is 107 Å². The van der Waals surface area contributed by atoms with Crippen LogP contribution in [0.25, 0.3) is 0 Å². The second-order valence-corrected chi connectivity index (χ2v) is 13.2. The fraction of sp³-hybridized carbons (Fsp3) is 0.767. The lowest BCUT2D eigenvalue weighted by Crippen LogP contribution is -2.59. The van der Waals surface area contributed by atoms with E-state index in [0.717, 1.165) is 44.1 Å². The van der Waals surface area contributed by atoms with E-state index >= 15 is 0 Å². The first-order valence-corrected chi connectivity index (χ1v) is 13.2. The fourth-order valence-corrected chi connectivity index (χ4v) is 8.87. The molecular formula is C30H44O3. The van der Waals surface area contributed by atoms with Gasteiger partial charge in [-0.3, -0.25) is 14.4 Å². The molecule has 0 unspecified atom stereocenters. The highest BCUT2D eigenvalue weighted by Gasteiger charge is 2.69. The Morgan fingerprint density at radius 1 is 1.00 bits per heavy atom. The SMILES string of the molecule is CC(C)=CCC[C@@H](C)[C@H]1CC[C@@]2(C)C3=C(C(=O)C(=O)[C@]12C)[C@@]1(C)CCC(=O)C(C)(C)[C@@H]1CC3. The summed E-state index contributed by atoms with van der Waals surface area (Å²) < 4.78 is 0. The minimum absolute atomic E-state index is 0.134. The van der Waals surface area contributed by atoms with E-state index in [0.29, 0.717) is 24.5 Å². The van der Waals surface area contributed by atoms with Gasteiger partial charge in [-0.25, -0.2) is 0 Å². The van der Waals surface area contributed by atoms with Crippen molar-refractivity contribution < 1.29 is 14.4 Å². The number of hydrogen-bond donors (Lipinski definition) is 0. The van der Waals surface area contributed by atoms with Gasteiger partial charge in [0.05, 0.1) is 0 Å². The number of carbonyl (C=O) groups is 3. The summed E-state index contributed by atoms with van der Waals surface area (Å²) in [6.45, 7) is 17.3. The lowest BCUT2D eigenvalue weighted by Gasteiger charge is -2.59. The van der Waals surface area contributed by atoms with Crippen LogP contribution >= 0.6 is 0 Å². The van der Waals surface area contributed by atoms with Gasteiger partial charge in [0.25, 0.3) is 0 Å². The largest absolute Gasteiger partial charge is 0.299 e. The van der Waals surface area contributed by atoms with E-state index in [1.165, 1.54) is 11.1 Å². The summed E-state index contributed by atoms with van der Waals surface area (Å²) in [5.74, 6) is 0.737.